The number of aromatic nitrogens is 2. The first-order chi connectivity index (χ1) is 15.0. The molecule has 1 amide bonds. The average molecular weight is 501 g/mol. The number of benzene rings is 2. The van der Waals surface area contributed by atoms with Crippen LogP contribution in [0.4, 0.5) is 5.69 Å². The van der Waals surface area contributed by atoms with Crippen molar-refractivity contribution in [2.45, 2.75) is 20.1 Å². The molecule has 6 nitrogen and oxygen atoms in total. The van der Waals surface area contributed by atoms with Crippen LogP contribution in [0.25, 0.3) is 0 Å². The summed E-state index contributed by atoms with van der Waals surface area (Å²) < 4.78 is 14.2. The smallest absolute Gasteiger partial charge is 0.291 e. The van der Waals surface area contributed by atoms with Crippen molar-refractivity contribution in [3.63, 3.8) is 0 Å². The summed E-state index contributed by atoms with van der Waals surface area (Å²) in [5, 5.41) is 7.75. The van der Waals surface area contributed by atoms with E-state index in [9.17, 15) is 4.79 Å². The number of nitrogens with zero attached hydrogens (tertiary/aromatic N) is 2. The maximum atomic E-state index is 12.5. The molecule has 0 saturated carbocycles. The molecule has 8 heteroatoms. The summed E-state index contributed by atoms with van der Waals surface area (Å²) in [6, 6.07) is 16.7. The first kappa shape index (κ1) is 21.2. The number of anilines is 1. The normalized spacial score (nSPS) is 10.8. The van der Waals surface area contributed by atoms with Gasteiger partial charge in [0.1, 0.15) is 18.1 Å². The van der Waals surface area contributed by atoms with Gasteiger partial charge in [0.15, 0.2) is 5.76 Å². The summed E-state index contributed by atoms with van der Waals surface area (Å²) in [4.78, 5) is 12.5. The van der Waals surface area contributed by atoms with Crippen LogP contribution in [0.2, 0.25) is 5.02 Å². The van der Waals surface area contributed by atoms with E-state index in [1.807, 2.05) is 37.3 Å². The van der Waals surface area contributed by atoms with E-state index in [1.165, 1.54) is 0 Å². The molecule has 158 valence electrons. The van der Waals surface area contributed by atoms with Gasteiger partial charge in [-0.3, -0.25) is 9.48 Å². The van der Waals surface area contributed by atoms with Crippen molar-refractivity contribution in [2.24, 2.45) is 0 Å². The number of carbonyl (C=O) groups excluding carboxylic acids is 1. The van der Waals surface area contributed by atoms with Gasteiger partial charge in [-0.25, -0.2) is 0 Å². The predicted octanol–water partition coefficient (Wildman–Crippen LogP) is 6.08. The Morgan fingerprint density at radius 1 is 1.19 bits per heavy atom. The molecule has 31 heavy (non-hydrogen) atoms. The van der Waals surface area contributed by atoms with E-state index in [0.717, 1.165) is 15.6 Å². The van der Waals surface area contributed by atoms with Crippen LogP contribution in [0, 0.1) is 6.92 Å². The Balaban J connectivity index is 1.33. The third kappa shape index (κ3) is 5.57. The second kappa shape index (κ2) is 9.41. The van der Waals surface area contributed by atoms with E-state index in [-0.39, 0.29) is 18.3 Å². The Kier molecular flexibility index (Phi) is 6.44. The zero-order valence-corrected chi connectivity index (χ0v) is 19.0. The molecule has 2 aromatic carbocycles. The van der Waals surface area contributed by atoms with Crippen molar-refractivity contribution in [3.05, 3.63) is 99.1 Å². The molecule has 4 aromatic rings. The summed E-state index contributed by atoms with van der Waals surface area (Å²) in [6.45, 7) is 2.73. The van der Waals surface area contributed by atoms with Gasteiger partial charge < -0.3 is 14.5 Å². The molecule has 0 spiro atoms. The number of carbonyl (C=O) groups is 1. The fraction of sp³-hybridized carbons (Fsp3) is 0.130. The highest BCUT2D eigenvalue weighted by molar-refractivity contribution is 9.10. The highest BCUT2D eigenvalue weighted by Crippen LogP contribution is 2.23. The lowest BCUT2D eigenvalue weighted by Crippen LogP contribution is -2.10. The van der Waals surface area contributed by atoms with Crippen LogP contribution >= 0.6 is 27.5 Å². The predicted molar refractivity (Wildman–Crippen MR) is 123 cm³/mol. The van der Waals surface area contributed by atoms with Crippen LogP contribution in [-0.2, 0) is 13.2 Å². The molecule has 4 rings (SSSR count). The van der Waals surface area contributed by atoms with Gasteiger partial charge in [-0.05, 0) is 60.5 Å². The second-order valence-corrected chi connectivity index (χ2v) is 8.32. The molecule has 0 bridgehead atoms. The minimum atomic E-state index is -0.350. The van der Waals surface area contributed by atoms with Crippen LogP contribution in [0.1, 0.15) is 27.4 Å². The number of furan rings is 1. The minimum absolute atomic E-state index is 0.201. The lowest BCUT2D eigenvalue weighted by molar-refractivity contribution is 0.0992. The number of amides is 1. The van der Waals surface area contributed by atoms with Crippen LogP contribution in [0.15, 0.2) is 75.9 Å². The lowest BCUT2D eigenvalue weighted by atomic mass is 10.2. The van der Waals surface area contributed by atoms with Gasteiger partial charge in [0.2, 0.25) is 0 Å². The Bertz CT molecular complexity index is 1200. The second-order valence-electron chi connectivity index (χ2n) is 6.97. The zero-order valence-electron chi connectivity index (χ0n) is 16.6. The molecular formula is C23H19BrClN3O3. The Morgan fingerprint density at radius 3 is 2.77 bits per heavy atom. The van der Waals surface area contributed by atoms with E-state index in [0.29, 0.717) is 28.8 Å². The van der Waals surface area contributed by atoms with Crippen LogP contribution in [0.5, 0.6) is 5.75 Å². The summed E-state index contributed by atoms with van der Waals surface area (Å²) in [7, 11) is 0. The molecule has 0 unspecified atom stereocenters. The van der Waals surface area contributed by atoms with Gasteiger partial charge in [-0.1, -0.05) is 39.7 Å². The maximum Gasteiger partial charge on any atom is 0.291 e. The fourth-order valence-electron chi connectivity index (χ4n) is 2.99. The third-order valence-electron chi connectivity index (χ3n) is 4.54. The van der Waals surface area contributed by atoms with E-state index >= 15 is 0 Å². The third-order valence-corrected chi connectivity index (χ3v) is 5.31. The van der Waals surface area contributed by atoms with Gasteiger partial charge in [0.25, 0.3) is 5.91 Å². The highest BCUT2D eigenvalue weighted by Gasteiger charge is 2.13. The van der Waals surface area contributed by atoms with Crippen LogP contribution < -0.4 is 10.1 Å². The molecule has 0 atom stereocenters. The van der Waals surface area contributed by atoms with E-state index in [2.05, 4.69) is 26.3 Å². The zero-order chi connectivity index (χ0) is 21.8. The average Bonchev–Trinajstić information content (AvgIpc) is 3.39. The Hall–Kier alpha value is -3.03. The Labute approximate surface area is 192 Å². The molecular weight excluding hydrogens is 482 g/mol. The minimum Gasteiger partial charge on any atom is -0.485 e. The maximum absolute atomic E-state index is 12.5. The molecule has 0 aliphatic rings. The molecule has 1 N–H and O–H groups in total. The van der Waals surface area contributed by atoms with Crippen molar-refractivity contribution in [3.8, 4) is 5.75 Å². The van der Waals surface area contributed by atoms with Gasteiger partial charge in [0.05, 0.1) is 18.4 Å². The highest BCUT2D eigenvalue weighted by atomic mass is 79.9. The molecule has 2 heterocycles. The number of ether oxygens (including phenoxy) is 1. The number of aryl methyl sites for hydroxylation is 1. The van der Waals surface area contributed by atoms with Gasteiger partial charge in [-0.15, -0.1) is 0 Å². The van der Waals surface area contributed by atoms with E-state index in [1.54, 1.807) is 41.3 Å². The van der Waals surface area contributed by atoms with Crippen molar-refractivity contribution in [1.82, 2.24) is 9.78 Å². The van der Waals surface area contributed by atoms with Crippen LogP contribution in [-0.4, -0.2) is 15.7 Å². The monoisotopic (exact) mass is 499 g/mol. The number of halogens is 2. The largest absolute Gasteiger partial charge is 0.485 e. The SMILES string of the molecule is Cc1cc(Cl)ccc1OCc1ccc(C(=O)Nc2cnn(Cc3ccc(Br)cc3)c2)o1. The van der Waals surface area contributed by atoms with Gasteiger partial charge >= 0.3 is 0 Å². The summed E-state index contributed by atoms with van der Waals surface area (Å²) >= 11 is 9.38. The summed E-state index contributed by atoms with van der Waals surface area (Å²) in [5.41, 5.74) is 2.63. The molecule has 2 aromatic heterocycles. The standard InChI is InChI=1S/C23H19BrClN3O3/c1-15-10-18(25)6-8-21(15)30-14-20-7-9-22(31-20)23(29)27-19-11-26-28(13-19)12-16-2-4-17(24)5-3-16/h2-11,13H,12,14H2,1H3,(H,27,29). The number of hydrogen-bond donors (Lipinski definition) is 1. The number of hydrogen-bond acceptors (Lipinski definition) is 4. The van der Waals surface area contributed by atoms with Crippen molar-refractivity contribution < 1.29 is 13.9 Å². The summed E-state index contributed by atoms with van der Waals surface area (Å²) in [5.74, 6) is 1.11. The first-order valence-corrected chi connectivity index (χ1v) is 10.7. The van der Waals surface area contributed by atoms with Crippen molar-refractivity contribution in [2.75, 3.05) is 5.32 Å². The van der Waals surface area contributed by atoms with Gasteiger partial charge in [-0.2, -0.15) is 5.10 Å². The van der Waals surface area contributed by atoms with Crippen LogP contribution in [0.3, 0.4) is 0 Å². The molecule has 0 aliphatic carbocycles. The Morgan fingerprint density at radius 2 is 2.00 bits per heavy atom. The fourth-order valence-corrected chi connectivity index (χ4v) is 3.48. The number of nitrogens with one attached hydrogen (secondary N) is 1. The molecule has 0 saturated heterocycles. The lowest BCUT2D eigenvalue weighted by Gasteiger charge is -2.07. The molecule has 0 fully saturated rings. The molecule has 0 radical (unpaired) electrons. The number of rotatable bonds is 7. The van der Waals surface area contributed by atoms with Crippen molar-refractivity contribution >= 4 is 39.1 Å². The van der Waals surface area contributed by atoms with E-state index < -0.39 is 0 Å². The van der Waals surface area contributed by atoms with Crippen molar-refractivity contribution in [1.29, 1.82) is 0 Å². The molecule has 0 aliphatic heterocycles. The quantitative estimate of drug-likeness (QED) is 0.334. The first-order valence-electron chi connectivity index (χ1n) is 9.52. The topological polar surface area (TPSA) is 69.3 Å². The van der Waals surface area contributed by atoms with Gasteiger partial charge in [0, 0.05) is 15.7 Å². The summed E-state index contributed by atoms with van der Waals surface area (Å²) in [6.07, 6.45) is 3.38. The van der Waals surface area contributed by atoms with E-state index in [4.69, 9.17) is 20.8 Å².